The number of rotatable bonds is 6. The third-order valence-electron chi connectivity index (χ3n) is 2.55. The lowest BCUT2D eigenvalue weighted by molar-refractivity contribution is 0.0954. The van der Waals surface area contributed by atoms with Crippen LogP contribution in [0.15, 0.2) is 24.8 Å². The minimum absolute atomic E-state index is 0.149. The summed E-state index contributed by atoms with van der Waals surface area (Å²) < 4.78 is 0. The highest BCUT2D eigenvalue weighted by molar-refractivity contribution is 5.99. The predicted octanol–water partition coefficient (Wildman–Crippen LogP) is 0.604. The van der Waals surface area contributed by atoms with Crippen molar-refractivity contribution < 1.29 is 4.79 Å². The van der Waals surface area contributed by atoms with Gasteiger partial charge in [-0.15, -0.1) is 0 Å². The van der Waals surface area contributed by atoms with Crippen LogP contribution in [0.1, 0.15) is 23.1 Å². The fourth-order valence-corrected chi connectivity index (χ4v) is 1.66. The van der Waals surface area contributed by atoms with Crippen molar-refractivity contribution in [3.63, 3.8) is 0 Å². The number of carbonyl (C=O) groups is 1. The molecule has 0 atom stereocenters. The molecule has 0 radical (unpaired) electrons. The molecule has 1 amide bonds. The van der Waals surface area contributed by atoms with Crippen LogP contribution < -0.4 is 10.6 Å². The van der Waals surface area contributed by atoms with E-state index in [1.165, 1.54) is 6.33 Å². The Morgan fingerprint density at radius 1 is 1.47 bits per heavy atom. The molecule has 0 aliphatic carbocycles. The number of hydrogen-bond acceptors (Lipinski definition) is 5. The van der Waals surface area contributed by atoms with E-state index < -0.39 is 0 Å². The lowest BCUT2D eigenvalue weighted by Gasteiger charge is -2.09. The Bertz CT molecular complexity index is 525. The second kappa shape index (κ2) is 6.48. The molecule has 19 heavy (non-hydrogen) atoms. The fraction of sp³-hybridized carbons (Fsp3) is 0.333. The zero-order chi connectivity index (χ0) is 13.5. The van der Waals surface area contributed by atoms with Crippen molar-refractivity contribution in [1.29, 1.82) is 0 Å². The van der Waals surface area contributed by atoms with Gasteiger partial charge in [-0.2, -0.15) is 5.10 Å². The lowest BCUT2D eigenvalue weighted by Crippen LogP contribution is -2.27. The largest absolute Gasteiger partial charge is 0.385 e. The molecule has 0 unspecified atom stereocenters. The number of pyridine rings is 1. The van der Waals surface area contributed by atoms with E-state index in [0.717, 1.165) is 18.1 Å². The molecule has 0 aromatic carbocycles. The SMILES string of the molecule is CCNc1ccncc1C(=O)NCCc1ncn[nH]1. The van der Waals surface area contributed by atoms with Crippen molar-refractivity contribution in [3.05, 3.63) is 36.2 Å². The number of hydrogen-bond donors (Lipinski definition) is 3. The number of nitrogens with zero attached hydrogens (tertiary/aromatic N) is 3. The van der Waals surface area contributed by atoms with Crippen molar-refractivity contribution in [3.8, 4) is 0 Å². The highest BCUT2D eigenvalue weighted by atomic mass is 16.1. The number of carbonyl (C=O) groups excluding carboxylic acids is 1. The molecule has 0 fully saturated rings. The first kappa shape index (κ1) is 13.0. The summed E-state index contributed by atoms with van der Waals surface area (Å²) in [4.78, 5) is 20.0. The van der Waals surface area contributed by atoms with Crippen molar-refractivity contribution in [2.75, 3.05) is 18.4 Å². The number of aromatic nitrogens is 4. The zero-order valence-electron chi connectivity index (χ0n) is 10.7. The highest BCUT2D eigenvalue weighted by Crippen LogP contribution is 2.12. The average Bonchev–Trinajstić information content (AvgIpc) is 2.93. The maximum Gasteiger partial charge on any atom is 0.254 e. The number of amides is 1. The molecule has 100 valence electrons. The zero-order valence-corrected chi connectivity index (χ0v) is 10.7. The van der Waals surface area contributed by atoms with Gasteiger partial charge in [0, 0.05) is 31.9 Å². The van der Waals surface area contributed by atoms with Crippen LogP contribution in [0, 0.1) is 0 Å². The summed E-state index contributed by atoms with van der Waals surface area (Å²) in [5, 5.41) is 12.5. The molecule has 2 aromatic rings. The standard InChI is InChI=1S/C12H16N6O/c1-2-14-10-3-5-13-7-9(10)12(19)15-6-4-11-16-8-17-18-11/h3,5,7-8H,2,4,6H2,1H3,(H,13,14)(H,15,19)(H,16,17,18). The minimum Gasteiger partial charge on any atom is -0.385 e. The Balaban J connectivity index is 1.92. The molecule has 0 saturated carbocycles. The third-order valence-corrected chi connectivity index (χ3v) is 2.55. The van der Waals surface area contributed by atoms with Crippen LogP contribution in [0.4, 0.5) is 5.69 Å². The molecular weight excluding hydrogens is 244 g/mol. The summed E-state index contributed by atoms with van der Waals surface area (Å²) in [6.07, 6.45) is 5.27. The van der Waals surface area contributed by atoms with E-state index in [-0.39, 0.29) is 5.91 Å². The van der Waals surface area contributed by atoms with E-state index in [9.17, 15) is 4.79 Å². The first-order valence-electron chi connectivity index (χ1n) is 6.11. The predicted molar refractivity (Wildman–Crippen MR) is 70.8 cm³/mol. The van der Waals surface area contributed by atoms with E-state index in [2.05, 4.69) is 30.8 Å². The Labute approximate surface area is 110 Å². The molecule has 0 bridgehead atoms. The number of aromatic amines is 1. The molecule has 7 nitrogen and oxygen atoms in total. The Kier molecular flexibility index (Phi) is 4.44. The van der Waals surface area contributed by atoms with Crippen LogP contribution in [0.3, 0.4) is 0 Å². The number of nitrogens with one attached hydrogen (secondary N) is 3. The van der Waals surface area contributed by atoms with Gasteiger partial charge in [-0.05, 0) is 13.0 Å². The summed E-state index contributed by atoms with van der Waals surface area (Å²) in [7, 11) is 0. The molecule has 7 heteroatoms. The van der Waals surface area contributed by atoms with Gasteiger partial charge < -0.3 is 10.6 Å². The summed E-state index contributed by atoms with van der Waals surface area (Å²) >= 11 is 0. The van der Waals surface area contributed by atoms with Gasteiger partial charge in [-0.25, -0.2) is 4.98 Å². The van der Waals surface area contributed by atoms with E-state index >= 15 is 0 Å². The van der Waals surface area contributed by atoms with Gasteiger partial charge in [0.2, 0.25) is 0 Å². The van der Waals surface area contributed by atoms with E-state index in [4.69, 9.17) is 0 Å². The lowest BCUT2D eigenvalue weighted by atomic mass is 10.2. The molecule has 0 aliphatic rings. The van der Waals surface area contributed by atoms with Gasteiger partial charge in [0.15, 0.2) is 0 Å². The van der Waals surface area contributed by atoms with Crippen molar-refractivity contribution in [2.45, 2.75) is 13.3 Å². The molecule has 0 spiro atoms. The second-order valence-electron chi connectivity index (χ2n) is 3.89. The van der Waals surface area contributed by atoms with Gasteiger partial charge >= 0.3 is 0 Å². The molecule has 0 aliphatic heterocycles. The van der Waals surface area contributed by atoms with Crippen molar-refractivity contribution in [2.24, 2.45) is 0 Å². The topological polar surface area (TPSA) is 95.6 Å². The summed E-state index contributed by atoms with van der Waals surface area (Å²) in [6.45, 7) is 3.23. The van der Waals surface area contributed by atoms with E-state index in [1.807, 2.05) is 6.92 Å². The number of H-pyrrole nitrogens is 1. The Morgan fingerprint density at radius 2 is 2.37 bits per heavy atom. The van der Waals surface area contributed by atoms with Gasteiger partial charge in [0.25, 0.3) is 5.91 Å². The summed E-state index contributed by atoms with van der Waals surface area (Å²) in [6, 6.07) is 1.79. The third kappa shape index (κ3) is 3.51. The normalized spacial score (nSPS) is 10.2. The first-order valence-corrected chi connectivity index (χ1v) is 6.11. The molecule has 0 saturated heterocycles. The summed E-state index contributed by atoms with van der Waals surface area (Å²) in [5.74, 6) is 0.599. The smallest absolute Gasteiger partial charge is 0.254 e. The summed E-state index contributed by atoms with van der Waals surface area (Å²) in [5.41, 5.74) is 1.33. The molecular formula is C12H16N6O. The van der Waals surface area contributed by atoms with Crippen LogP contribution in [-0.2, 0) is 6.42 Å². The molecule has 2 heterocycles. The number of anilines is 1. The fourth-order valence-electron chi connectivity index (χ4n) is 1.66. The van der Waals surface area contributed by atoms with Gasteiger partial charge in [-0.3, -0.25) is 14.9 Å². The Morgan fingerprint density at radius 3 is 3.11 bits per heavy atom. The van der Waals surface area contributed by atoms with E-state index in [1.54, 1.807) is 18.5 Å². The van der Waals surface area contributed by atoms with Crippen LogP contribution in [0.25, 0.3) is 0 Å². The van der Waals surface area contributed by atoms with Crippen molar-refractivity contribution in [1.82, 2.24) is 25.5 Å². The van der Waals surface area contributed by atoms with Crippen LogP contribution in [0.2, 0.25) is 0 Å². The average molecular weight is 260 g/mol. The molecule has 3 N–H and O–H groups in total. The monoisotopic (exact) mass is 260 g/mol. The highest BCUT2D eigenvalue weighted by Gasteiger charge is 2.10. The molecule has 2 aromatic heterocycles. The first-order chi connectivity index (χ1) is 9.31. The van der Waals surface area contributed by atoms with Gasteiger partial charge in [0.1, 0.15) is 12.2 Å². The van der Waals surface area contributed by atoms with Crippen molar-refractivity contribution >= 4 is 11.6 Å². The van der Waals surface area contributed by atoms with Crippen LogP contribution in [0.5, 0.6) is 0 Å². The van der Waals surface area contributed by atoms with Crippen LogP contribution in [-0.4, -0.2) is 39.2 Å². The maximum atomic E-state index is 12.0. The maximum absolute atomic E-state index is 12.0. The van der Waals surface area contributed by atoms with Gasteiger partial charge in [0.05, 0.1) is 11.3 Å². The van der Waals surface area contributed by atoms with Crippen LogP contribution >= 0.6 is 0 Å². The van der Waals surface area contributed by atoms with Gasteiger partial charge in [-0.1, -0.05) is 0 Å². The minimum atomic E-state index is -0.149. The second-order valence-corrected chi connectivity index (χ2v) is 3.89. The Hall–Kier alpha value is -2.44. The van der Waals surface area contributed by atoms with E-state index in [0.29, 0.717) is 18.5 Å². The molecule has 2 rings (SSSR count). The quantitative estimate of drug-likeness (QED) is 0.707.